The van der Waals surface area contributed by atoms with Gasteiger partial charge in [0.25, 0.3) is 0 Å². The van der Waals surface area contributed by atoms with Crippen molar-refractivity contribution >= 4 is 11.8 Å². The number of nitrogens with one attached hydrogen (secondary N) is 1. The third kappa shape index (κ3) is 4.13. The summed E-state index contributed by atoms with van der Waals surface area (Å²) >= 11 is 1.75. The zero-order valence-electron chi connectivity index (χ0n) is 9.56. The second-order valence-electron chi connectivity index (χ2n) is 3.28. The highest BCUT2D eigenvalue weighted by atomic mass is 32.2. The lowest BCUT2D eigenvalue weighted by Gasteiger charge is -2.07. The summed E-state index contributed by atoms with van der Waals surface area (Å²) in [5.74, 6) is 1.81. The monoisotopic (exact) mass is 236 g/mol. The van der Waals surface area contributed by atoms with Crippen LogP contribution in [-0.2, 0) is 0 Å². The van der Waals surface area contributed by atoms with Crippen LogP contribution in [0.1, 0.15) is 6.42 Å². The van der Waals surface area contributed by atoms with Crippen molar-refractivity contribution in [3.05, 3.63) is 24.3 Å². The molecule has 86 valence electrons. The van der Waals surface area contributed by atoms with Crippen LogP contribution in [0.2, 0.25) is 0 Å². The molecule has 0 radical (unpaired) electrons. The smallest absolute Gasteiger partial charge is 0.118 e. The first-order valence-corrected chi connectivity index (χ1v) is 6.12. The lowest BCUT2D eigenvalue weighted by molar-refractivity contribution is 0.414. The Morgan fingerprint density at radius 1 is 1.44 bits per heavy atom. The number of benzene rings is 1. The van der Waals surface area contributed by atoms with Crippen molar-refractivity contribution in [3.63, 3.8) is 0 Å². The van der Waals surface area contributed by atoms with E-state index in [9.17, 15) is 0 Å². The first-order valence-electron chi connectivity index (χ1n) is 5.14. The highest BCUT2D eigenvalue weighted by Crippen LogP contribution is 2.22. The molecule has 0 aliphatic carbocycles. The number of nitrogens with zero attached hydrogens (tertiary/aromatic N) is 1. The third-order valence-corrected chi connectivity index (χ3v) is 3.28. The average Bonchev–Trinajstić information content (AvgIpc) is 2.35. The fraction of sp³-hybridized carbons (Fsp3) is 0.417. The number of ether oxygens (including phenoxy) is 1. The Balaban J connectivity index is 2.34. The zero-order chi connectivity index (χ0) is 11.8. The molecular weight excluding hydrogens is 220 g/mol. The fourth-order valence-corrected chi connectivity index (χ4v) is 2.16. The van der Waals surface area contributed by atoms with Gasteiger partial charge in [0.15, 0.2) is 0 Å². The Bertz CT molecular complexity index is 345. The maximum Gasteiger partial charge on any atom is 0.118 e. The van der Waals surface area contributed by atoms with E-state index in [2.05, 4.69) is 11.4 Å². The predicted octanol–water partition coefficient (Wildman–Crippen LogP) is 2.29. The quantitative estimate of drug-likeness (QED) is 0.770. The molecule has 0 saturated heterocycles. The minimum atomic E-state index is -0.0502. The van der Waals surface area contributed by atoms with Gasteiger partial charge in [0.1, 0.15) is 5.75 Å². The highest BCUT2D eigenvalue weighted by molar-refractivity contribution is 7.99. The molecule has 0 aromatic heterocycles. The second-order valence-corrected chi connectivity index (χ2v) is 4.45. The lowest BCUT2D eigenvalue weighted by Crippen LogP contribution is -2.23. The first-order chi connectivity index (χ1) is 7.80. The SMILES string of the molecule is CNC(C#N)CCSc1ccc(OC)cc1. The number of thioether (sulfide) groups is 1. The van der Waals surface area contributed by atoms with E-state index in [1.165, 1.54) is 4.90 Å². The third-order valence-electron chi connectivity index (χ3n) is 2.24. The molecule has 1 aromatic rings. The van der Waals surface area contributed by atoms with Gasteiger partial charge in [-0.3, -0.25) is 0 Å². The Morgan fingerprint density at radius 2 is 2.12 bits per heavy atom. The summed E-state index contributed by atoms with van der Waals surface area (Å²) in [5, 5.41) is 11.7. The molecule has 1 rings (SSSR count). The Hall–Kier alpha value is -1.18. The van der Waals surface area contributed by atoms with Crippen molar-refractivity contribution in [3.8, 4) is 11.8 Å². The summed E-state index contributed by atoms with van der Waals surface area (Å²) in [6.45, 7) is 0. The summed E-state index contributed by atoms with van der Waals surface area (Å²) in [6.07, 6.45) is 0.851. The predicted molar refractivity (Wildman–Crippen MR) is 66.8 cm³/mol. The van der Waals surface area contributed by atoms with Gasteiger partial charge in [-0.2, -0.15) is 5.26 Å². The van der Waals surface area contributed by atoms with E-state index in [-0.39, 0.29) is 6.04 Å². The minimum Gasteiger partial charge on any atom is -0.497 e. The molecule has 1 aromatic carbocycles. The first kappa shape index (κ1) is 12.9. The number of rotatable bonds is 6. The van der Waals surface area contributed by atoms with Crippen LogP contribution in [0.3, 0.4) is 0 Å². The van der Waals surface area contributed by atoms with E-state index in [1.54, 1.807) is 18.9 Å². The molecule has 0 bridgehead atoms. The standard InChI is InChI=1S/C12H16N2OS/c1-14-10(9-13)7-8-16-12-5-3-11(15-2)4-6-12/h3-6,10,14H,7-8H2,1-2H3. The molecule has 0 amide bonds. The van der Waals surface area contributed by atoms with Crippen molar-refractivity contribution in [2.24, 2.45) is 0 Å². The summed E-state index contributed by atoms with van der Waals surface area (Å²) < 4.78 is 5.08. The molecule has 4 heteroatoms. The minimum absolute atomic E-state index is 0.0502. The zero-order valence-corrected chi connectivity index (χ0v) is 10.4. The van der Waals surface area contributed by atoms with Gasteiger partial charge in [-0.05, 0) is 37.7 Å². The van der Waals surface area contributed by atoms with E-state index in [1.807, 2.05) is 31.3 Å². The van der Waals surface area contributed by atoms with Gasteiger partial charge in [-0.1, -0.05) is 0 Å². The second kappa shape index (κ2) is 7.15. The van der Waals surface area contributed by atoms with Crippen LogP contribution in [0.5, 0.6) is 5.75 Å². The molecule has 0 aliphatic heterocycles. The summed E-state index contributed by atoms with van der Waals surface area (Å²) in [6, 6.07) is 10.1. The number of hydrogen-bond donors (Lipinski definition) is 1. The normalized spacial score (nSPS) is 11.8. The lowest BCUT2D eigenvalue weighted by atomic mass is 10.3. The van der Waals surface area contributed by atoms with Crippen molar-refractivity contribution in [1.29, 1.82) is 5.26 Å². The molecule has 1 N–H and O–H groups in total. The van der Waals surface area contributed by atoms with Gasteiger partial charge in [0.05, 0.1) is 19.2 Å². The van der Waals surface area contributed by atoms with Crippen LogP contribution >= 0.6 is 11.8 Å². The Kier molecular flexibility index (Phi) is 5.76. The van der Waals surface area contributed by atoms with E-state index in [4.69, 9.17) is 10.00 Å². The average molecular weight is 236 g/mol. The van der Waals surface area contributed by atoms with Gasteiger partial charge < -0.3 is 10.1 Å². The number of hydrogen-bond acceptors (Lipinski definition) is 4. The topological polar surface area (TPSA) is 45.0 Å². The van der Waals surface area contributed by atoms with Crippen LogP contribution in [-0.4, -0.2) is 26.0 Å². The summed E-state index contributed by atoms with van der Waals surface area (Å²) in [7, 11) is 3.47. The van der Waals surface area contributed by atoms with Gasteiger partial charge >= 0.3 is 0 Å². The summed E-state index contributed by atoms with van der Waals surface area (Å²) in [5.41, 5.74) is 0. The number of methoxy groups -OCH3 is 1. The maximum atomic E-state index is 8.75. The largest absolute Gasteiger partial charge is 0.497 e. The van der Waals surface area contributed by atoms with Gasteiger partial charge in [0, 0.05) is 10.6 Å². The van der Waals surface area contributed by atoms with Gasteiger partial charge in [0.2, 0.25) is 0 Å². The van der Waals surface area contributed by atoms with Gasteiger partial charge in [-0.25, -0.2) is 0 Å². The molecule has 16 heavy (non-hydrogen) atoms. The van der Waals surface area contributed by atoms with Crippen LogP contribution < -0.4 is 10.1 Å². The number of nitriles is 1. The van der Waals surface area contributed by atoms with E-state index in [0.717, 1.165) is 17.9 Å². The van der Waals surface area contributed by atoms with Gasteiger partial charge in [-0.15, -0.1) is 11.8 Å². The molecule has 0 spiro atoms. The van der Waals surface area contributed by atoms with Crippen LogP contribution in [0, 0.1) is 11.3 Å². The molecule has 0 saturated carbocycles. The molecule has 0 aliphatic rings. The van der Waals surface area contributed by atoms with E-state index < -0.39 is 0 Å². The molecule has 3 nitrogen and oxygen atoms in total. The molecular formula is C12H16N2OS. The van der Waals surface area contributed by atoms with Crippen molar-refractivity contribution in [2.45, 2.75) is 17.4 Å². The Morgan fingerprint density at radius 3 is 2.62 bits per heavy atom. The maximum absolute atomic E-state index is 8.75. The van der Waals surface area contributed by atoms with Crippen molar-refractivity contribution < 1.29 is 4.74 Å². The van der Waals surface area contributed by atoms with Crippen LogP contribution in [0.4, 0.5) is 0 Å². The molecule has 1 unspecified atom stereocenters. The van der Waals surface area contributed by atoms with E-state index >= 15 is 0 Å². The van der Waals surface area contributed by atoms with Crippen LogP contribution in [0.25, 0.3) is 0 Å². The van der Waals surface area contributed by atoms with E-state index in [0.29, 0.717) is 0 Å². The van der Waals surface area contributed by atoms with Crippen molar-refractivity contribution in [2.75, 3.05) is 19.9 Å². The summed E-state index contributed by atoms with van der Waals surface area (Å²) in [4.78, 5) is 1.20. The van der Waals surface area contributed by atoms with Crippen molar-refractivity contribution in [1.82, 2.24) is 5.32 Å². The fourth-order valence-electron chi connectivity index (χ4n) is 1.24. The molecule has 1 atom stereocenters. The van der Waals surface area contributed by atoms with Crippen LogP contribution in [0.15, 0.2) is 29.2 Å². The Labute approximate surface area is 101 Å². The highest BCUT2D eigenvalue weighted by Gasteiger charge is 2.03. The molecule has 0 fully saturated rings. The molecule has 0 heterocycles.